The van der Waals surface area contributed by atoms with Crippen LogP contribution in [0.4, 0.5) is 33.3 Å². The van der Waals surface area contributed by atoms with Gasteiger partial charge in [0.05, 0.1) is 16.9 Å². The summed E-state index contributed by atoms with van der Waals surface area (Å²) < 4.78 is 67.2. The van der Waals surface area contributed by atoms with Crippen molar-refractivity contribution in [3.63, 3.8) is 0 Å². The molecule has 29 heavy (non-hydrogen) atoms. The molecule has 0 aliphatic heterocycles. The molecule has 2 aromatic carbocycles. The van der Waals surface area contributed by atoms with Crippen LogP contribution < -0.4 is 10.6 Å². The number of benzene rings is 2. The Labute approximate surface area is 160 Å². The summed E-state index contributed by atoms with van der Waals surface area (Å²) in [5.41, 5.74) is -1.56. The fourth-order valence-electron chi connectivity index (χ4n) is 2.34. The Kier molecular flexibility index (Phi) is 5.53. The maximum absolute atomic E-state index is 13.8. The van der Waals surface area contributed by atoms with Gasteiger partial charge >= 0.3 is 0 Å². The fourth-order valence-corrected chi connectivity index (χ4v) is 2.34. The van der Waals surface area contributed by atoms with Crippen LogP contribution in [-0.2, 0) is 0 Å². The zero-order chi connectivity index (χ0) is 21.1. The van der Waals surface area contributed by atoms with Crippen molar-refractivity contribution < 1.29 is 31.5 Å². The van der Waals surface area contributed by atoms with E-state index in [1.807, 2.05) is 5.32 Å². The predicted octanol–water partition coefficient (Wildman–Crippen LogP) is 4.28. The highest BCUT2D eigenvalue weighted by Gasteiger charge is 2.24. The molecular weight excluding hydrogens is 397 g/mol. The van der Waals surface area contributed by atoms with E-state index < -0.39 is 46.5 Å². The van der Waals surface area contributed by atoms with Crippen LogP contribution >= 0.6 is 0 Å². The molecular formula is C19H10F5N3O2. The van der Waals surface area contributed by atoms with E-state index in [2.05, 4.69) is 10.3 Å². The minimum absolute atomic E-state index is 0.0165. The second-order valence-corrected chi connectivity index (χ2v) is 5.66. The third-order valence-electron chi connectivity index (χ3n) is 3.72. The summed E-state index contributed by atoms with van der Waals surface area (Å²) in [6, 6.07) is 7.56. The molecule has 0 atom stereocenters. The second kappa shape index (κ2) is 8.05. The Balaban J connectivity index is 1.91. The molecule has 0 aliphatic rings. The molecule has 0 unspecified atom stereocenters. The number of aromatic nitrogens is 1. The number of hydrogen-bond acceptors (Lipinski definition) is 3. The largest absolute Gasteiger partial charge is 0.320 e. The maximum atomic E-state index is 13.8. The normalized spacial score (nSPS) is 10.5. The van der Waals surface area contributed by atoms with Crippen molar-refractivity contribution in [2.24, 2.45) is 0 Å². The van der Waals surface area contributed by atoms with Crippen LogP contribution in [0, 0.1) is 29.1 Å². The van der Waals surface area contributed by atoms with Crippen LogP contribution in [0.25, 0.3) is 0 Å². The Morgan fingerprint density at radius 2 is 1.48 bits per heavy atom. The molecule has 3 rings (SSSR count). The number of anilines is 2. The first-order valence-corrected chi connectivity index (χ1v) is 7.94. The molecule has 2 amide bonds. The maximum Gasteiger partial charge on any atom is 0.274 e. The Morgan fingerprint density at radius 1 is 0.759 bits per heavy atom. The number of halogens is 5. The van der Waals surface area contributed by atoms with E-state index in [-0.39, 0.29) is 23.1 Å². The first kappa shape index (κ1) is 19.9. The summed E-state index contributed by atoms with van der Waals surface area (Å²) in [6.07, 6.45) is 1.36. The minimum atomic E-state index is -2.17. The van der Waals surface area contributed by atoms with Gasteiger partial charge in [0.15, 0.2) is 23.3 Å². The minimum Gasteiger partial charge on any atom is -0.320 e. The molecule has 0 fully saturated rings. The van der Waals surface area contributed by atoms with Crippen molar-refractivity contribution in [2.45, 2.75) is 0 Å². The van der Waals surface area contributed by atoms with E-state index in [0.29, 0.717) is 0 Å². The molecule has 0 radical (unpaired) electrons. The van der Waals surface area contributed by atoms with Gasteiger partial charge in [-0.3, -0.25) is 14.6 Å². The lowest BCUT2D eigenvalue weighted by atomic mass is 10.1. The molecule has 0 saturated carbocycles. The van der Waals surface area contributed by atoms with E-state index in [4.69, 9.17) is 0 Å². The Bertz CT molecular complexity index is 1110. The number of nitrogens with zero attached hydrogens (tertiary/aromatic N) is 1. The van der Waals surface area contributed by atoms with Gasteiger partial charge in [0.25, 0.3) is 11.8 Å². The smallest absolute Gasteiger partial charge is 0.274 e. The van der Waals surface area contributed by atoms with Crippen molar-refractivity contribution >= 4 is 23.2 Å². The molecule has 1 aromatic heterocycles. The number of carbonyl (C=O) groups is 2. The topological polar surface area (TPSA) is 71.1 Å². The van der Waals surface area contributed by atoms with E-state index in [1.165, 1.54) is 12.3 Å². The van der Waals surface area contributed by atoms with Crippen LogP contribution in [-0.4, -0.2) is 16.8 Å². The molecule has 0 spiro atoms. The molecule has 0 bridgehead atoms. The predicted molar refractivity (Wildman–Crippen MR) is 92.8 cm³/mol. The first-order valence-electron chi connectivity index (χ1n) is 7.94. The average Bonchev–Trinajstić information content (AvgIpc) is 2.71. The van der Waals surface area contributed by atoms with Crippen LogP contribution in [0.1, 0.15) is 20.8 Å². The first-order chi connectivity index (χ1) is 13.8. The number of rotatable bonds is 4. The zero-order valence-corrected chi connectivity index (χ0v) is 14.3. The second-order valence-electron chi connectivity index (χ2n) is 5.66. The number of hydrogen-bond donors (Lipinski definition) is 2. The quantitative estimate of drug-likeness (QED) is 0.385. The summed E-state index contributed by atoms with van der Waals surface area (Å²) in [4.78, 5) is 28.3. The summed E-state index contributed by atoms with van der Waals surface area (Å²) in [7, 11) is 0. The average molecular weight is 407 g/mol. The monoisotopic (exact) mass is 407 g/mol. The highest BCUT2D eigenvalue weighted by atomic mass is 19.2. The van der Waals surface area contributed by atoms with Crippen LogP contribution in [0.5, 0.6) is 0 Å². The molecule has 148 valence electrons. The van der Waals surface area contributed by atoms with Gasteiger partial charge in [-0.1, -0.05) is 6.07 Å². The van der Waals surface area contributed by atoms with Crippen molar-refractivity contribution in [2.75, 3.05) is 10.6 Å². The highest BCUT2D eigenvalue weighted by Crippen LogP contribution is 2.25. The van der Waals surface area contributed by atoms with E-state index in [9.17, 15) is 31.5 Å². The third-order valence-corrected chi connectivity index (χ3v) is 3.72. The van der Waals surface area contributed by atoms with Gasteiger partial charge in [0, 0.05) is 6.20 Å². The molecule has 0 saturated heterocycles. The number of amides is 2. The number of pyridine rings is 1. The van der Waals surface area contributed by atoms with Gasteiger partial charge in [-0.2, -0.15) is 0 Å². The fraction of sp³-hybridized carbons (Fsp3) is 0. The van der Waals surface area contributed by atoms with Gasteiger partial charge in [-0.05, 0) is 36.4 Å². The van der Waals surface area contributed by atoms with Crippen LogP contribution in [0.2, 0.25) is 0 Å². The standard InChI is InChI=1S/C19H10F5N3O2/c20-9-4-5-12(26-19(29)13-3-1-2-6-25-13)14(7-9)27-18(28)10-8-11(21)16(23)17(24)15(10)22/h1-8H,(H,26,29)(H,27,28). The molecule has 5 nitrogen and oxygen atoms in total. The lowest BCUT2D eigenvalue weighted by Crippen LogP contribution is -2.19. The number of nitrogens with one attached hydrogen (secondary N) is 2. The van der Waals surface area contributed by atoms with Gasteiger partial charge < -0.3 is 10.6 Å². The molecule has 0 aliphatic carbocycles. The highest BCUT2D eigenvalue weighted by molar-refractivity contribution is 6.09. The molecule has 10 heteroatoms. The van der Waals surface area contributed by atoms with E-state index >= 15 is 0 Å². The van der Waals surface area contributed by atoms with Gasteiger partial charge in [0.2, 0.25) is 0 Å². The third kappa shape index (κ3) is 4.21. The van der Waals surface area contributed by atoms with Crippen molar-refractivity contribution in [3.8, 4) is 0 Å². The lowest BCUT2D eigenvalue weighted by molar-refractivity contribution is 0.101. The van der Waals surface area contributed by atoms with Crippen molar-refractivity contribution in [3.05, 3.63) is 89.0 Å². The summed E-state index contributed by atoms with van der Waals surface area (Å²) in [5.74, 6) is -10.9. The molecule has 1 heterocycles. The number of carbonyl (C=O) groups excluding carboxylic acids is 2. The van der Waals surface area contributed by atoms with Crippen LogP contribution in [0.3, 0.4) is 0 Å². The zero-order valence-electron chi connectivity index (χ0n) is 14.3. The molecule has 3 aromatic rings. The Morgan fingerprint density at radius 3 is 2.17 bits per heavy atom. The summed E-state index contributed by atoms with van der Waals surface area (Å²) >= 11 is 0. The van der Waals surface area contributed by atoms with Crippen molar-refractivity contribution in [1.82, 2.24) is 4.98 Å². The van der Waals surface area contributed by atoms with Gasteiger partial charge in [-0.15, -0.1) is 0 Å². The Hall–Kier alpha value is -3.82. The lowest BCUT2D eigenvalue weighted by Gasteiger charge is -2.13. The van der Waals surface area contributed by atoms with Gasteiger partial charge in [0.1, 0.15) is 11.5 Å². The summed E-state index contributed by atoms with van der Waals surface area (Å²) in [5, 5.41) is 4.40. The summed E-state index contributed by atoms with van der Waals surface area (Å²) in [6.45, 7) is 0. The van der Waals surface area contributed by atoms with Crippen LogP contribution in [0.15, 0.2) is 48.7 Å². The van der Waals surface area contributed by atoms with E-state index in [0.717, 1.165) is 18.2 Å². The SMILES string of the molecule is O=C(Nc1ccc(F)cc1NC(=O)c1cc(F)c(F)c(F)c1F)c1ccccn1. The van der Waals surface area contributed by atoms with Crippen molar-refractivity contribution in [1.29, 1.82) is 0 Å². The van der Waals surface area contributed by atoms with E-state index in [1.54, 1.807) is 12.1 Å². The van der Waals surface area contributed by atoms with Gasteiger partial charge in [-0.25, -0.2) is 22.0 Å². The molecule has 2 N–H and O–H groups in total.